The Morgan fingerprint density at radius 3 is 0.925 bits per heavy atom. The number of ether oxygens (including phenoxy) is 3. The molecule has 0 amide bonds. The molecule has 0 fully saturated rings. The highest BCUT2D eigenvalue weighted by Crippen LogP contribution is 2.16. The van der Waals surface area contributed by atoms with Crippen molar-refractivity contribution in [1.82, 2.24) is 0 Å². The zero-order chi connectivity index (χ0) is 38.9. The minimum Gasteiger partial charge on any atom is -0.462 e. The Morgan fingerprint density at radius 1 is 0.358 bits per heavy atom. The third kappa shape index (κ3) is 41.4. The first-order valence-corrected chi connectivity index (χ1v) is 23.4. The lowest BCUT2D eigenvalue weighted by Crippen LogP contribution is -2.30. The second kappa shape index (κ2) is 41.6. The van der Waals surface area contributed by atoms with Crippen LogP contribution in [0.15, 0.2) is 0 Å². The SMILES string of the molecule is CCCCCCCCCCCCCCCCC(=O)OC[C@@H](COC(=O)CCCCCCCCCCCCCC(C)C)OC(=O)CCCCCCCCC. The summed E-state index contributed by atoms with van der Waals surface area (Å²) < 4.78 is 16.7. The number of hydrogen-bond acceptors (Lipinski definition) is 6. The van der Waals surface area contributed by atoms with E-state index in [1.807, 2.05) is 0 Å². The maximum atomic E-state index is 12.6. The van der Waals surface area contributed by atoms with Gasteiger partial charge in [-0.25, -0.2) is 0 Å². The topological polar surface area (TPSA) is 78.9 Å². The monoisotopic (exact) mass is 751 g/mol. The molecular weight excluding hydrogens is 661 g/mol. The van der Waals surface area contributed by atoms with Gasteiger partial charge in [-0.15, -0.1) is 0 Å². The Labute approximate surface area is 329 Å². The molecule has 1 atom stereocenters. The van der Waals surface area contributed by atoms with E-state index in [0.29, 0.717) is 19.3 Å². The molecule has 0 unspecified atom stereocenters. The highest BCUT2D eigenvalue weighted by Gasteiger charge is 2.19. The fraction of sp³-hybridized carbons (Fsp3) is 0.936. The predicted octanol–water partition coefficient (Wildman–Crippen LogP) is 14.7. The van der Waals surface area contributed by atoms with Crippen molar-refractivity contribution in [3.05, 3.63) is 0 Å². The Bertz CT molecular complexity index is 796. The molecule has 0 saturated heterocycles. The van der Waals surface area contributed by atoms with Crippen molar-refractivity contribution in [3.8, 4) is 0 Å². The van der Waals surface area contributed by atoms with Crippen molar-refractivity contribution in [2.75, 3.05) is 13.2 Å². The Kier molecular flexibility index (Phi) is 40.3. The minimum atomic E-state index is -0.758. The summed E-state index contributed by atoms with van der Waals surface area (Å²) in [6, 6.07) is 0. The number of carbonyl (C=O) groups excluding carboxylic acids is 3. The van der Waals surface area contributed by atoms with Crippen molar-refractivity contribution in [2.24, 2.45) is 5.92 Å². The van der Waals surface area contributed by atoms with Gasteiger partial charge in [0.1, 0.15) is 13.2 Å². The molecule has 0 aliphatic rings. The van der Waals surface area contributed by atoms with Crippen molar-refractivity contribution in [3.63, 3.8) is 0 Å². The van der Waals surface area contributed by atoms with Gasteiger partial charge in [0, 0.05) is 19.3 Å². The summed E-state index contributed by atoms with van der Waals surface area (Å²) in [6.45, 7) is 8.96. The van der Waals surface area contributed by atoms with Crippen LogP contribution in [-0.4, -0.2) is 37.2 Å². The molecule has 314 valence electrons. The van der Waals surface area contributed by atoms with Crippen LogP contribution in [0.2, 0.25) is 0 Å². The summed E-state index contributed by atoms with van der Waals surface area (Å²) in [6.07, 6.45) is 41.0. The zero-order valence-corrected chi connectivity index (χ0v) is 36.0. The van der Waals surface area contributed by atoms with Crippen LogP contribution in [0.3, 0.4) is 0 Å². The lowest BCUT2D eigenvalue weighted by molar-refractivity contribution is -0.167. The van der Waals surface area contributed by atoms with Gasteiger partial charge in [0.05, 0.1) is 0 Å². The van der Waals surface area contributed by atoms with Gasteiger partial charge < -0.3 is 14.2 Å². The average Bonchev–Trinajstić information content (AvgIpc) is 3.14. The van der Waals surface area contributed by atoms with Crippen molar-refractivity contribution < 1.29 is 28.6 Å². The average molecular weight is 751 g/mol. The highest BCUT2D eigenvalue weighted by atomic mass is 16.6. The third-order valence-corrected chi connectivity index (χ3v) is 10.5. The summed E-state index contributed by atoms with van der Waals surface area (Å²) in [4.78, 5) is 37.6. The second-order valence-corrected chi connectivity index (χ2v) is 16.5. The van der Waals surface area contributed by atoms with Gasteiger partial charge in [-0.05, 0) is 25.2 Å². The number of hydrogen-bond donors (Lipinski definition) is 0. The van der Waals surface area contributed by atoms with Crippen LogP contribution in [-0.2, 0) is 28.6 Å². The van der Waals surface area contributed by atoms with E-state index in [4.69, 9.17) is 14.2 Å². The smallest absolute Gasteiger partial charge is 0.306 e. The fourth-order valence-electron chi connectivity index (χ4n) is 6.98. The molecule has 6 nitrogen and oxygen atoms in total. The van der Waals surface area contributed by atoms with Gasteiger partial charge in [0.2, 0.25) is 0 Å². The number of rotatable bonds is 42. The van der Waals surface area contributed by atoms with Crippen LogP contribution in [0.4, 0.5) is 0 Å². The van der Waals surface area contributed by atoms with Crippen LogP contribution >= 0.6 is 0 Å². The number of esters is 3. The molecule has 0 aromatic rings. The van der Waals surface area contributed by atoms with Gasteiger partial charge in [-0.2, -0.15) is 0 Å². The molecule has 0 saturated carbocycles. The van der Waals surface area contributed by atoms with E-state index in [9.17, 15) is 14.4 Å². The van der Waals surface area contributed by atoms with Crippen molar-refractivity contribution >= 4 is 17.9 Å². The molecular formula is C47H90O6. The second-order valence-electron chi connectivity index (χ2n) is 16.5. The van der Waals surface area contributed by atoms with Gasteiger partial charge in [0.25, 0.3) is 0 Å². The molecule has 0 heterocycles. The standard InChI is InChI=1S/C47H90O6/c1-5-7-9-11-13-14-15-16-17-20-23-27-30-34-38-45(48)51-41-44(53-47(50)40-36-32-25-12-10-8-6-2)42-52-46(49)39-35-31-28-24-21-18-19-22-26-29-33-37-43(3)4/h43-44H,5-42H2,1-4H3/t44-/m0/s1. The summed E-state index contributed by atoms with van der Waals surface area (Å²) in [5.74, 6) is -0.0317. The van der Waals surface area contributed by atoms with Gasteiger partial charge in [-0.1, -0.05) is 220 Å². The molecule has 0 rings (SSSR count). The summed E-state index contributed by atoms with van der Waals surface area (Å²) in [5, 5.41) is 0. The van der Waals surface area contributed by atoms with Crippen LogP contribution in [0.5, 0.6) is 0 Å². The summed E-state index contributed by atoms with van der Waals surface area (Å²) in [7, 11) is 0. The van der Waals surface area contributed by atoms with E-state index in [-0.39, 0.29) is 31.1 Å². The molecule has 53 heavy (non-hydrogen) atoms. The lowest BCUT2D eigenvalue weighted by atomic mass is 10.0. The molecule has 0 aliphatic heterocycles. The molecule has 0 spiro atoms. The van der Waals surface area contributed by atoms with E-state index in [1.165, 1.54) is 154 Å². The molecule has 0 bridgehead atoms. The molecule has 0 N–H and O–H groups in total. The number of unbranched alkanes of at least 4 members (excludes halogenated alkanes) is 29. The van der Waals surface area contributed by atoms with Gasteiger partial charge in [0.15, 0.2) is 6.10 Å². The quantitative estimate of drug-likeness (QED) is 0.0351. The minimum absolute atomic E-state index is 0.0641. The first kappa shape index (κ1) is 51.4. The van der Waals surface area contributed by atoms with Gasteiger partial charge in [-0.3, -0.25) is 14.4 Å². The van der Waals surface area contributed by atoms with Crippen molar-refractivity contribution in [1.29, 1.82) is 0 Å². The first-order valence-electron chi connectivity index (χ1n) is 23.4. The predicted molar refractivity (Wildman–Crippen MR) is 224 cm³/mol. The van der Waals surface area contributed by atoms with E-state index in [2.05, 4.69) is 27.7 Å². The molecule has 0 aromatic heterocycles. The van der Waals surface area contributed by atoms with Crippen LogP contribution in [0.1, 0.15) is 259 Å². The summed E-state index contributed by atoms with van der Waals surface area (Å²) in [5.41, 5.74) is 0. The van der Waals surface area contributed by atoms with Crippen LogP contribution < -0.4 is 0 Å². The van der Waals surface area contributed by atoms with Crippen LogP contribution in [0.25, 0.3) is 0 Å². The normalized spacial score (nSPS) is 11.9. The maximum absolute atomic E-state index is 12.6. The van der Waals surface area contributed by atoms with E-state index in [1.54, 1.807) is 0 Å². The lowest BCUT2D eigenvalue weighted by Gasteiger charge is -2.18. The van der Waals surface area contributed by atoms with E-state index >= 15 is 0 Å². The van der Waals surface area contributed by atoms with E-state index < -0.39 is 6.10 Å². The number of carbonyl (C=O) groups is 3. The van der Waals surface area contributed by atoms with Crippen LogP contribution in [0, 0.1) is 5.92 Å². The van der Waals surface area contributed by atoms with Gasteiger partial charge >= 0.3 is 17.9 Å². The third-order valence-electron chi connectivity index (χ3n) is 10.5. The maximum Gasteiger partial charge on any atom is 0.306 e. The molecule has 0 aliphatic carbocycles. The zero-order valence-electron chi connectivity index (χ0n) is 36.0. The Hall–Kier alpha value is -1.59. The fourth-order valence-corrected chi connectivity index (χ4v) is 6.98. The largest absolute Gasteiger partial charge is 0.462 e. The van der Waals surface area contributed by atoms with E-state index in [0.717, 1.165) is 63.7 Å². The molecule has 6 heteroatoms. The highest BCUT2D eigenvalue weighted by molar-refractivity contribution is 5.71. The summed E-state index contributed by atoms with van der Waals surface area (Å²) >= 11 is 0. The Balaban J connectivity index is 4.22. The van der Waals surface area contributed by atoms with Crippen molar-refractivity contribution in [2.45, 2.75) is 265 Å². The molecule has 0 aromatic carbocycles. The first-order chi connectivity index (χ1) is 25.9. The Morgan fingerprint density at radius 2 is 0.623 bits per heavy atom. The molecule has 0 radical (unpaired) electrons.